The van der Waals surface area contributed by atoms with Gasteiger partial charge in [-0.3, -0.25) is 0 Å². The second-order valence-electron chi connectivity index (χ2n) is 9.28. The van der Waals surface area contributed by atoms with Crippen molar-refractivity contribution in [1.29, 1.82) is 0 Å². The zero-order chi connectivity index (χ0) is 20.1. The molecule has 2 heteroatoms. The molecular formula is C24H35BO. The van der Waals surface area contributed by atoms with E-state index in [0.29, 0.717) is 10.8 Å². The van der Waals surface area contributed by atoms with Gasteiger partial charge in [-0.1, -0.05) is 58.4 Å². The molecule has 140 valence electrons. The third-order valence-corrected chi connectivity index (χ3v) is 5.75. The average molecular weight is 350 g/mol. The second-order valence-corrected chi connectivity index (χ2v) is 9.28. The van der Waals surface area contributed by atoms with Crippen molar-refractivity contribution in [3.63, 3.8) is 0 Å². The zero-order valence-corrected chi connectivity index (χ0v) is 17.8. The Balaban J connectivity index is 0.000000361. The van der Waals surface area contributed by atoms with Gasteiger partial charge in [-0.2, -0.15) is 0 Å². The molecule has 0 amide bonds. The molecule has 0 heterocycles. The molecule has 3 rings (SSSR count). The largest absolute Gasteiger partial charge is 0.234 e. The summed E-state index contributed by atoms with van der Waals surface area (Å²) >= 11 is 0. The van der Waals surface area contributed by atoms with Gasteiger partial charge in [0, 0.05) is 0 Å². The highest BCUT2D eigenvalue weighted by molar-refractivity contribution is 6.17. The molecule has 1 aromatic carbocycles. The molecule has 0 bridgehead atoms. The topological polar surface area (TPSA) is 17.1 Å². The summed E-state index contributed by atoms with van der Waals surface area (Å²) in [5.41, 5.74) is 6.68. The third kappa shape index (κ3) is 5.75. The van der Waals surface area contributed by atoms with Crippen molar-refractivity contribution in [2.45, 2.75) is 84.5 Å². The minimum atomic E-state index is 0.360. The minimum absolute atomic E-state index is 0.360. The summed E-state index contributed by atoms with van der Waals surface area (Å²) in [4.78, 5) is 8.57. The highest BCUT2D eigenvalue weighted by atomic mass is 16.1. The maximum atomic E-state index is 8.57. The number of benzene rings is 1. The van der Waals surface area contributed by atoms with Gasteiger partial charge in [0.15, 0.2) is 0 Å². The predicted octanol–water partition coefficient (Wildman–Crippen LogP) is 6.24. The molecule has 0 N–H and O–H groups in total. The first-order chi connectivity index (χ1) is 12.0. The quantitative estimate of drug-likeness (QED) is 0.433. The Morgan fingerprint density at radius 2 is 1.58 bits per heavy atom. The van der Waals surface area contributed by atoms with Crippen molar-refractivity contribution in [2.24, 2.45) is 5.92 Å². The highest BCUT2D eigenvalue weighted by Gasteiger charge is 2.39. The molecule has 1 nitrogen and oxygen atoms in total. The van der Waals surface area contributed by atoms with E-state index in [-0.39, 0.29) is 0 Å². The van der Waals surface area contributed by atoms with Crippen molar-refractivity contribution in [3.8, 4) is 0 Å². The lowest BCUT2D eigenvalue weighted by atomic mass is 9.63. The van der Waals surface area contributed by atoms with Crippen LogP contribution in [0.1, 0.15) is 90.3 Å². The van der Waals surface area contributed by atoms with Crippen molar-refractivity contribution in [2.75, 3.05) is 0 Å². The molecule has 2 atom stereocenters. The molecule has 2 aliphatic rings. The Morgan fingerprint density at radius 3 is 1.96 bits per heavy atom. The van der Waals surface area contributed by atoms with Gasteiger partial charge < -0.3 is 0 Å². The Morgan fingerprint density at radius 1 is 1.15 bits per heavy atom. The van der Waals surface area contributed by atoms with E-state index in [9.17, 15) is 0 Å². The van der Waals surface area contributed by atoms with Crippen molar-refractivity contribution in [1.82, 2.24) is 0 Å². The van der Waals surface area contributed by atoms with Crippen molar-refractivity contribution >= 4 is 13.8 Å². The van der Waals surface area contributed by atoms with Crippen LogP contribution in [0.4, 0.5) is 0 Å². The molecule has 1 saturated carbocycles. The molecule has 2 radical (unpaired) electrons. The molecule has 26 heavy (non-hydrogen) atoms. The van der Waals surface area contributed by atoms with E-state index in [1.807, 2.05) is 13.8 Å². The Labute approximate surface area is 162 Å². The lowest BCUT2D eigenvalue weighted by molar-refractivity contribution is 0.331. The predicted molar refractivity (Wildman–Crippen MR) is 115 cm³/mol. The maximum absolute atomic E-state index is 8.57. The molecule has 0 saturated heterocycles. The number of hydrogen-bond acceptors (Lipinski definition) is 1. The molecule has 0 aliphatic heterocycles. The van der Waals surface area contributed by atoms with Gasteiger partial charge in [0.25, 0.3) is 0 Å². The van der Waals surface area contributed by atoms with Gasteiger partial charge in [0.1, 0.15) is 13.8 Å². The van der Waals surface area contributed by atoms with Crippen LogP contribution in [0.25, 0.3) is 0 Å². The Hall–Kier alpha value is -1.53. The fraction of sp³-hybridized carbons (Fsp3) is 0.583. The van der Waals surface area contributed by atoms with Crippen LogP contribution in [-0.4, -0.2) is 13.8 Å². The number of rotatable bonds is 1. The SMILES string of the molecule is C=C=O.CC1CC1c1ccc2c(c1)C(C)(C)CCC2(C)C.[B]C=C(C)C. The number of fused-ring (bicyclic) bond motifs is 1. The summed E-state index contributed by atoms with van der Waals surface area (Å²) in [7, 11) is 5.01. The molecule has 1 fully saturated rings. The Bertz CT molecular complexity index is 671. The van der Waals surface area contributed by atoms with E-state index in [1.54, 1.807) is 22.7 Å². The van der Waals surface area contributed by atoms with E-state index in [1.165, 1.54) is 25.2 Å². The van der Waals surface area contributed by atoms with E-state index in [2.05, 4.69) is 59.4 Å². The second kappa shape index (κ2) is 8.91. The summed E-state index contributed by atoms with van der Waals surface area (Å²) in [6.45, 7) is 18.6. The first-order valence-corrected chi connectivity index (χ1v) is 9.64. The molecule has 0 spiro atoms. The fourth-order valence-corrected chi connectivity index (χ4v) is 3.62. The normalized spacial score (nSPS) is 23.7. The molecule has 1 aromatic rings. The lowest BCUT2D eigenvalue weighted by Crippen LogP contribution is -2.33. The van der Waals surface area contributed by atoms with Crippen molar-refractivity contribution in [3.05, 3.63) is 53.0 Å². The van der Waals surface area contributed by atoms with Gasteiger partial charge in [-0.05, 0) is 79.0 Å². The standard InChI is InChI=1S/C18H26.C4H7B.C2H2O/c1-12-10-14(12)13-6-7-15-16(11-13)18(4,5)9-8-17(15,2)3;1-4(2)3-5;1-2-3/h6-7,11-12,14H,8-10H2,1-5H3;3H,1-2H3;1H2. The zero-order valence-electron chi connectivity index (χ0n) is 17.8. The van der Waals surface area contributed by atoms with Crippen LogP contribution in [0.15, 0.2) is 36.3 Å². The first-order valence-electron chi connectivity index (χ1n) is 9.64. The monoisotopic (exact) mass is 350 g/mol. The van der Waals surface area contributed by atoms with E-state index < -0.39 is 0 Å². The summed E-state index contributed by atoms with van der Waals surface area (Å²) in [5, 5.41) is 0. The molecule has 0 aromatic heterocycles. The molecular weight excluding hydrogens is 315 g/mol. The smallest absolute Gasteiger partial charge is 0.116 e. The fourth-order valence-electron chi connectivity index (χ4n) is 3.62. The maximum Gasteiger partial charge on any atom is 0.116 e. The summed E-state index contributed by atoms with van der Waals surface area (Å²) in [5.74, 6) is 4.58. The summed E-state index contributed by atoms with van der Waals surface area (Å²) in [6.07, 6.45) is 4.02. The van der Waals surface area contributed by atoms with E-state index in [4.69, 9.17) is 12.6 Å². The first kappa shape index (κ1) is 22.5. The van der Waals surface area contributed by atoms with Crippen LogP contribution >= 0.6 is 0 Å². The van der Waals surface area contributed by atoms with Crippen molar-refractivity contribution < 1.29 is 4.79 Å². The lowest BCUT2D eigenvalue weighted by Gasteiger charge is -2.42. The van der Waals surface area contributed by atoms with Crippen LogP contribution in [0.5, 0.6) is 0 Å². The molecule has 2 unspecified atom stereocenters. The van der Waals surface area contributed by atoms with Gasteiger partial charge in [0.2, 0.25) is 0 Å². The van der Waals surface area contributed by atoms with Gasteiger partial charge in [-0.15, -0.1) is 5.98 Å². The Kier molecular flexibility index (Phi) is 7.72. The van der Waals surface area contributed by atoms with E-state index >= 15 is 0 Å². The van der Waals surface area contributed by atoms with Crippen LogP contribution in [0.2, 0.25) is 0 Å². The molecule has 2 aliphatic carbocycles. The van der Waals surface area contributed by atoms with Gasteiger partial charge in [0.05, 0.1) is 0 Å². The summed E-state index contributed by atoms with van der Waals surface area (Å²) in [6, 6.07) is 7.36. The van der Waals surface area contributed by atoms with Gasteiger partial charge in [-0.25, -0.2) is 4.79 Å². The van der Waals surface area contributed by atoms with Crippen LogP contribution in [0, 0.1) is 5.92 Å². The van der Waals surface area contributed by atoms with Crippen LogP contribution in [-0.2, 0) is 15.6 Å². The third-order valence-electron chi connectivity index (χ3n) is 5.75. The van der Waals surface area contributed by atoms with Crippen LogP contribution in [0.3, 0.4) is 0 Å². The number of carbonyl (C=O) groups excluding carboxylic acids is 1. The highest BCUT2D eigenvalue weighted by Crippen LogP contribution is 2.51. The minimum Gasteiger partial charge on any atom is -0.234 e. The van der Waals surface area contributed by atoms with Gasteiger partial charge >= 0.3 is 0 Å². The van der Waals surface area contributed by atoms with Crippen LogP contribution < -0.4 is 0 Å². The van der Waals surface area contributed by atoms with E-state index in [0.717, 1.165) is 17.4 Å². The number of hydrogen-bond donors (Lipinski definition) is 0. The average Bonchev–Trinajstić information content (AvgIpc) is 3.30. The summed E-state index contributed by atoms with van der Waals surface area (Å²) < 4.78 is 0. The number of allylic oxidation sites excluding steroid dienone is 1.